The maximum Gasteiger partial charge on any atom is 0.130 e. The van der Waals surface area contributed by atoms with Gasteiger partial charge in [0.05, 0.1) is 0 Å². The molecule has 0 aromatic carbocycles. The Hall–Kier alpha value is -1.29. The molecule has 4 heteroatoms. The predicted molar refractivity (Wildman–Crippen MR) is 86.5 cm³/mol. The van der Waals surface area contributed by atoms with Crippen LogP contribution in [0.3, 0.4) is 0 Å². The first kappa shape index (κ1) is 15.1. The summed E-state index contributed by atoms with van der Waals surface area (Å²) in [4.78, 5) is 9.40. The van der Waals surface area contributed by atoms with Gasteiger partial charge in [-0.15, -0.1) is 0 Å². The zero-order valence-corrected chi connectivity index (χ0v) is 13.5. The van der Waals surface area contributed by atoms with E-state index in [2.05, 4.69) is 62.1 Å². The molecular formula is C16H28N4. The number of nitrogens with zero attached hydrogens (tertiary/aromatic N) is 3. The van der Waals surface area contributed by atoms with E-state index in [9.17, 15) is 0 Å². The Bertz CT molecular complexity index is 438. The highest BCUT2D eigenvalue weighted by Gasteiger charge is 2.21. The number of likely N-dealkylation sites (tertiary alicyclic amines) is 1. The van der Waals surface area contributed by atoms with Crippen molar-refractivity contribution in [3.8, 4) is 0 Å². The molecular weight excluding hydrogens is 248 g/mol. The largest absolute Gasteiger partial charge is 0.365 e. The van der Waals surface area contributed by atoms with Gasteiger partial charge in [0, 0.05) is 25.7 Å². The zero-order chi connectivity index (χ0) is 14.8. The Morgan fingerprint density at radius 1 is 1.40 bits per heavy atom. The van der Waals surface area contributed by atoms with Gasteiger partial charge in [0.1, 0.15) is 11.6 Å². The summed E-state index contributed by atoms with van der Waals surface area (Å²) >= 11 is 0. The summed E-state index contributed by atoms with van der Waals surface area (Å²) in [5.74, 6) is 2.75. The Morgan fingerprint density at radius 2 is 2.15 bits per heavy atom. The lowest BCUT2D eigenvalue weighted by Gasteiger charge is -2.25. The van der Waals surface area contributed by atoms with Crippen LogP contribution in [0.1, 0.15) is 27.2 Å². The number of aromatic nitrogens is 1. The van der Waals surface area contributed by atoms with E-state index < -0.39 is 0 Å². The second-order valence-electron chi connectivity index (χ2n) is 7.05. The summed E-state index contributed by atoms with van der Waals surface area (Å²) < 4.78 is 0. The molecule has 2 heterocycles. The Kier molecular flexibility index (Phi) is 4.53. The van der Waals surface area contributed by atoms with Crippen LogP contribution in [0.25, 0.3) is 0 Å². The second kappa shape index (κ2) is 6.00. The summed E-state index contributed by atoms with van der Waals surface area (Å²) in [5.41, 5.74) is 0.0400. The molecule has 1 N–H and O–H groups in total. The molecule has 0 radical (unpaired) electrons. The third kappa shape index (κ3) is 4.37. The van der Waals surface area contributed by atoms with E-state index in [1.54, 1.807) is 0 Å². The molecule has 1 aromatic heterocycles. The van der Waals surface area contributed by atoms with Gasteiger partial charge in [-0.3, -0.25) is 0 Å². The van der Waals surface area contributed by atoms with E-state index in [1.807, 2.05) is 6.07 Å². The van der Waals surface area contributed by atoms with Gasteiger partial charge in [-0.25, -0.2) is 4.98 Å². The third-order valence-electron chi connectivity index (χ3n) is 3.65. The molecule has 1 fully saturated rings. The van der Waals surface area contributed by atoms with Gasteiger partial charge in [-0.2, -0.15) is 0 Å². The van der Waals surface area contributed by atoms with E-state index >= 15 is 0 Å². The van der Waals surface area contributed by atoms with Crippen LogP contribution in [-0.4, -0.2) is 49.2 Å². The van der Waals surface area contributed by atoms with Crippen LogP contribution in [-0.2, 0) is 0 Å². The summed E-state index contributed by atoms with van der Waals surface area (Å²) in [6.07, 6.45) is 1.29. The van der Waals surface area contributed by atoms with Gasteiger partial charge in [0.15, 0.2) is 0 Å². The lowest BCUT2D eigenvalue weighted by Crippen LogP contribution is -2.29. The van der Waals surface area contributed by atoms with Crippen molar-refractivity contribution in [2.75, 3.05) is 43.9 Å². The molecule has 0 saturated carbocycles. The lowest BCUT2D eigenvalue weighted by molar-refractivity contribution is 0.395. The average Bonchev–Trinajstić information content (AvgIpc) is 2.73. The van der Waals surface area contributed by atoms with E-state index in [0.717, 1.165) is 24.1 Å². The topological polar surface area (TPSA) is 31.4 Å². The van der Waals surface area contributed by atoms with Crippen LogP contribution in [0.2, 0.25) is 0 Å². The van der Waals surface area contributed by atoms with Crippen molar-refractivity contribution < 1.29 is 0 Å². The molecule has 112 valence electrons. The molecule has 0 spiro atoms. The molecule has 1 unspecified atom stereocenters. The molecule has 0 amide bonds. The van der Waals surface area contributed by atoms with Crippen molar-refractivity contribution in [1.29, 1.82) is 0 Å². The molecule has 1 aliphatic heterocycles. The van der Waals surface area contributed by atoms with Gasteiger partial charge in [0.25, 0.3) is 0 Å². The number of rotatable bonds is 4. The summed E-state index contributed by atoms with van der Waals surface area (Å²) in [7, 11) is 4.34. The first-order valence-electron chi connectivity index (χ1n) is 7.48. The fourth-order valence-corrected chi connectivity index (χ4v) is 2.75. The lowest BCUT2D eigenvalue weighted by atomic mass is 10.1. The zero-order valence-electron chi connectivity index (χ0n) is 13.5. The highest BCUT2D eigenvalue weighted by atomic mass is 15.2. The number of hydrogen-bond acceptors (Lipinski definition) is 4. The smallest absolute Gasteiger partial charge is 0.130 e. The number of hydrogen-bond donors (Lipinski definition) is 1. The van der Waals surface area contributed by atoms with Crippen LogP contribution in [0.15, 0.2) is 18.2 Å². The van der Waals surface area contributed by atoms with Gasteiger partial charge in [-0.05, 0) is 58.8 Å². The van der Waals surface area contributed by atoms with Gasteiger partial charge >= 0.3 is 0 Å². The van der Waals surface area contributed by atoms with Crippen molar-refractivity contribution in [3.63, 3.8) is 0 Å². The Morgan fingerprint density at radius 3 is 2.75 bits per heavy atom. The molecule has 1 aliphatic rings. The first-order chi connectivity index (χ1) is 9.33. The third-order valence-corrected chi connectivity index (χ3v) is 3.65. The molecule has 0 aliphatic carbocycles. The van der Waals surface area contributed by atoms with Crippen molar-refractivity contribution >= 4 is 11.6 Å². The highest BCUT2D eigenvalue weighted by Crippen LogP contribution is 2.20. The molecule has 0 bridgehead atoms. The van der Waals surface area contributed by atoms with Gasteiger partial charge < -0.3 is 15.1 Å². The normalized spacial score (nSPS) is 20.1. The number of pyridine rings is 1. The number of nitrogens with one attached hydrogen (secondary N) is 1. The molecule has 1 aromatic rings. The fourth-order valence-electron chi connectivity index (χ4n) is 2.75. The molecule has 20 heavy (non-hydrogen) atoms. The summed E-state index contributed by atoms with van der Waals surface area (Å²) in [5, 5.41) is 3.43. The maximum atomic E-state index is 4.72. The average molecular weight is 276 g/mol. The highest BCUT2D eigenvalue weighted by molar-refractivity contribution is 5.47. The van der Waals surface area contributed by atoms with Crippen LogP contribution in [0.5, 0.6) is 0 Å². The van der Waals surface area contributed by atoms with E-state index in [4.69, 9.17) is 4.98 Å². The fraction of sp³-hybridized carbons (Fsp3) is 0.688. The van der Waals surface area contributed by atoms with Crippen LogP contribution < -0.4 is 10.2 Å². The van der Waals surface area contributed by atoms with Crippen LogP contribution in [0, 0.1) is 5.92 Å². The summed E-state index contributed by atoms with van der Waals surface area (Å²) in [6, 6.07) is 6.20. The van der Waals surface area contributed by atoms with E-state index in [1.165, 1.54) is 19.5 Å². The van der Waals surface area contributed by atoms with Crippen molar-refractivity contribution in [2.45, 2.75) is 32.7 Å². The van der Waals surface area contributed by atoms with Crippen molar-refractivity contribution in [1.82, 2.24) is 9.88 Å². The summed E-state index contributed by atoms with van der Waals surface area (Å²) in [6.45, 7) is 9.95. The monoisotopic (exact) mass is 276 g/mol. The molecule has 1 saturated heterocycles. The SMILES string of the molecule is CN1CCC(CN(C)c2cccc(NC(C)(C)C)n2)C1. The van der Waals surface area contributed by atoms with Crippen LogP contribution >= 0.6 is 0 Å². The first-order valence-corrected chi connectivity index (χ1v) is 7.48. The van der Waals surface area contributed by atoms with E-state index in [0.29, 0.717) is 0 Å². The minimum absolute atomic E-state index is 0.0400. The minimum Gasteiger partial charge on any atom is -0.365 e. The number of anilines is 2. The quantitative estimate of drug-likeness (QED) is 0.916. The molecule has 1 atom stereocenters. The maximum absolute atomic E-state index is 4.72. The minimum atomic E-state index is 0.0400. The van der Waals surface area contributed by atoms with Gasteiger partial charge in [-0.1, -0.05) is 6.07 Å². The van der Waals surface area contributed by atoms with Gasteiger partial charge in [0.2, 0.25) is 0 Å². The van der Waals surface area contributed by atoms with E-state index in [-0.39, 0.29) is 5.54 Å². The predicted octanol–water partition coefficient (Wildman–Crippen LogP) is 2.68. The second-order valence-corrected chi connectivity index (χ2v) is 7.05. The standard InChI is InChI=1S/C16H28N4/c1-16(2,3)18-14-7-6-8-15(17-14)20(5)12-13-9-10-19(4)11-13/h6-8,13H,9-12H2,1-5H3,(H,17,18). The Balaban J connectivity index is 1.99. The molecule has 2 rings (SSSR count). The Labute approximate surface area is 123 Å². The van der Waals surface area contributed by atoms with Crippen molar-refractivity contribution in [2.24, 2.45) is 5.92 Å². The van der Waals surface area contributed by atoms with Crippen molar-refractivity contribution in [3.05, 3.63) is 18.2 Å². The van der Waals surface area contributed by atoms with Crippen LogP contribution in [0.4, 0.5) is 11.6 Å². The molecule has 4 nitrogen and oxygen atoms in total.